The molecular weight excluding hydrogens is 202 g/mol. The fourth-order valence-electron chi connectivity index (χ4n) is 1.98. The number of hydrogen-bond donors (Lipinski definition) is 1. The van der Waals surface area contributed by atoms with Crippen molar-refractivity contribution in [1.29, 1.82) is 0 Å². The Morgan fingerprint density at radius 2 is 2.19 bits per heavy atom. The fourth-order valence-corrected chi connectivity index (χ4v) is 1.98. The number of carbonyl (C=O) groups is 1. The monoisotopic (exact) mass is 219 g/mol. The van der Waals surface area contributed by atoms with Gasteiger partial charge < -0.3 is 5.11 Å². The van der Waals surface area contributed by atoms with Gasteiger partial charge in [-0.25, -0.2) is 0 Å². The summed E-state index contributed by atoms with van der Waals surface area (Å²) in [6.07, 6.45) is 2.35. The van der Waals surface area contributed by atoms with Crippen molar-refractivity contribution in [3.63, 3.8) is 0 Å². The van der Waals surface area contributed by atoms with E-state index in [1.165, 1.54) is 0 Å². The van der Waals surface area contributed by atoms with Gasteiger partial charge in [0, 0.05) is 5.69 Å². The highest BCUT2D eigenvalue weighted by Gasteiger charge is 2.53. The summed E-state index contributed by atoms with van der Waals surface area (Å²) in [6.45, 7) is 4.27. The molecule has 0 unspecified atom stereocenters. The third kappa shape index (κ3) is 1.94. The average molecular weight is 219 g/mol. The topological polar surface area (TPSA) is 50.2 Å². The minimum Gasteiger partial charge on any atom is -0.481 e. The van der Waals surface area contributed by atoms with Crippen molar-refractivity contribution in [2.45, 2.75) is 38.5 Å². The first-order valence-electron chi connectivity index (χ1n) is 5.74. The standard InChI is InChI=1S/C13H17NO2/c1-9(2)8-10-4-3-5-11(14-10)13(6-7-13)12(15)16/h3-5,9H,6-8H2,1-2H3,(H,15,16). The average Bonchev–Trinajstić information content (AvgIpc) is 2.97. The molecule has 1 fully saturated rings. The molecule has 86 valence electrons. The maximum atomic E-state index is 11.2. The van der Waals surface area contributed by atoms with Crippen molar-refractivity contribution in [2.24, 2.45) is 5.92 Å². The van der Waals surface area contributed by atoms with E-state index in [2.05, 4.69) is 18.8 Å². The van der Waals surface area contributed by atoms with Gasteiger partial charge in [0.15, 0.2) is 0 Å². The van der Waals surface area contributed by atoms with E-state index in [4.69, 9.17) is 0 Å². The van der Waals surface area contributed by atoms with Crippen LogP contribution in [0.5, 0.6) is 0 Å². The first-order valence-corrected chi connectivity index (χ1v) is 5.74. The third-order valence-corrected chi connectivity index (χ3v) is 3.07. The van der Waals surface area contributed by atoms with E-state index in [0.29, 0.717) is 5.92 Å². The summed E-state index contributed by atoms with van der Waals surface area (Å²) in [4.78, 5) is 15.7. The van der Waals surface area contributed by atoms with Crippen molar-refractivity contribution in [3.05, 3.63) is 29.6 Å². The zero-order valence-electron chi connectivity index (χ0n) is 9.73. The summed E-state index contributed by atoms with van der Waals surface area (Å²) in [7, 11) is 0. The molecule has 1 heterocycles. The second kappa shape index (κ2) is 3.89. The molecule has 0 aromatic carbocycles. The summed E-state index contributed by atoms with van der Waals surface area (Å²) in [5.74, 6) is -0.190. The van der Waals surface area contributed by atoms with Crippen LogP contribution in [0, 0.1) is 5.92 Å². The Morgan fingerprint density at radius 1 is 1.50 bits per heavy atom. The van der Waals surface area contributed by atoms with E-state index in [0.717, 1.165) is 30.7 Å². The van der Waals surface area contributed by atoms with E-state index in [1.54, 1.807) is 0 Å². The molecule has 0 atom stereocenters. The molecule has 16 heavy (non-hydrogen) atoms. The molecule has 0 radical (unpaired) electrons. The Kier molecular flexibility index (Phi) is 2.70. The van der Waals surface area contributed by atoms with Crippen LogP contribution in [0.4, 0.5) is 0 Å². The highest BCUT2D eigenvalue weighted by molar-refractivity contribution is 5.84. The van der Waals surface area contributed by atoms with E-state index < -0.39 is 11.4 Å². The lowest BCUT2D eigenvalue weighted by Crippen LogP contribution is -2.21. The summed E-state index contributed by atoms with van der Waals surface area (Å²) in [5.41, 5.74) is 1.06. The predicted octanol–water partition coefficient (Wildman–Crippen LogP) is 2.40. The Bertz CT molecular complexity index is 408. The van der Waals surface area contributed by atoms with Crippen LogP contribution in [0.1, 0.15) is 38.1 Å². The molecule has 0 amide bonds. The molecule has 1 N–H and O–H groups in total. The van der Waals surface area contributed by atoms with Crippen LogP contribution >= 0.6 is 0 Å². The number of carboxylic acid groups (broad SMARTS) is 1. The van der Waals surface area contributed by atoms with Gasteiger partial charge in [-0.1, -0.05) is 19.9 Å². The van der Waals surface area contributed by atoms with E-state index in [-0.39, 0.29) is 0 Å². The van der Waals surface area contributed by atoms with Gasteiger partial charge in [-0.05, 0) is 37.3 Å². The van der Waals surface area contributed by atoms with E-state index in [9.17, 15) is 9.90 Å². The van der Waals surface area contributed by atoms with Crippen molar-refractivity contribution in [3.8, 4) is 0 Å². The van der Waals surface area contributed by atoms with Gasteiger partial charge in [-0.3, -0.25) is 9.78 Å². The second-order valence-corrected chi connectivity index (χ2v) is 5.00. The summed E-state index contributed by atoms with van der Waals surface area (Å²) < 4.78 is 0. The molecule has 1 aromatic heterocycles. The number of rotatable bonds is 4. The van der Waals surface area contributed by atoms with Crippen LogP contribution in [0.2, 0.25) is 0 Å². The normalized spacial score (nSPS) is 17.4. The number of nitrogens with zero attached hydrogens (tertiary/aromatic N) is 1. The maximum absolute atomic E-state index is 11.2. The number of carboxylic acids is 1. The second-order valence-electron chi connectivity index (χ2n) is 5.00. The molecule has 1 aliphatic rings. The molecule has 0 spiro atoms. The SMILES string of the molecule is CC(C)Cc1cccc(C2(C(=O)O)CC2)n1. The van der Waals surface area contributed by atoms with Crippen LogP contribution in [-0.2, 0) is 16.6 Å². The van der Waals surface area contributed by atoms with Gasteiger partial charge in [-0.2, -0.15) is 0 Å². The third-order valence-electron chi connectivity index (χ3n) is 3.07. The van der Waals surface area contributed by atoms with Gasteiger partial charge in [0.25, 0.3) is 0 Å². The van der Waals surface area contributed by atoms with Gasteiger partial charge >= 0.3 is 5.97 Å². The first kappa shape index (κ1) is 11.1. The van der Waals surface area contributed by atoms with Crippen molar-refractivity contribution >= 4 is 5.97 Å². The number of aromatic nitrogens is 1. The first-order chi connectivity index (χ1) is 7.54. The van der Waals surface area contributed by atoms with Crippen molar-refractivity contribution < 1.29 is 9.90 Å². The Morgan fingerprint density at radius 3 is 2.69 bits per heavy atom. The largest absolute Gasteiger partial charge is 0.481 e. The van der Waals surface area contributed by atoms with Gasteiger partial charge in [0.05, 0.1) is 5.69 Å². The molecule has 1 saturated carbocycles. The summed E-state index contributed by atoms with van der Waals surface area (Å²) >= 11 is 0. The quantitative estimate of drug-likeness (QED) is 0.846. The number of hydrogen-bond acceptors (Lipinski definition) is 2. The number of aliphatic carboxylic acids is 1. The Balaban J connectivity index is 2.26. The molecule has 2 rings (SSSR count). The van der Waals surface area contributed by atoms with Crippen LogP contribution in [0.15, 0.2) is 18.2 Å². The van der Waals surface area contributed by atoms with Crippen LogP contribution < -0.4 is 0 Å². The van der Waals surface area contributed by atoms with Gasteiger partial charge in [0.2, 0.25) is 0 Å². The minimum absolute atomic E-state index is 0.544. The maximum Gasteiger partial charge on any atom is 0.315 e. The highest BCUT2D eigenvalue weighted by Crippen LogP contribution is 2.47. The summed E-state index contributed by atoms with van der Waals surface area (Å²) in [6, 6.07) is 5.73. The minimum atomic E-state index is -0.735. The van der Waals surface area contributed by atoms with E-state index in [1.807, 2.05) is 18.2 Å². The van der Waals surface area contributed by atoms with Crippen LogP contribution in [-0.4, -0.2) is 16.1 Å². The van der Waals surface area contributed by atoms with Gasteiger partial charge in [0.1, 0.15) is 5.41 Å². The lowest BCUT2D eigenvalue weighted by Gasteiger charge is -2.11. The molecule has 0 saturated heterocycles. The van der Waals surface area contributed by atoms with Gasteiger partial charge in [-0.15, -0.1) is 0 Å². The van der Waals surface area contributed by atoms with Crippen molar-refractivity contribution in [1.82, 2.24) is 4.98 Å². The van der Waals surface area contributed by atoms with Crippen LogP contribution in [0.25, 0.3) is 0 Å². The smallest absolute Gasteiger partial charge is 0.315 e. The Labute approximate surface area is 95.5 Å². The van der Waals surface area contributed by atoms with E-state index >= 15 is 0 Å². The zero-order valence-corrected chi connectivity index (χ0v) is 9.73. The Hall–Kier alpha value is -1.38. The zero-order chi connectivity index (χ0) is 11.8. The lowest BCUT2D eigenvalue weighted by molar-refractivity contribution is -0.140. The molecule has 1 aromatic rings. The molecular formula is C13H17NO2. The molecule has 1 aliphatic carbocycles. The molecule has 0 aliphatic heterocycles. The number of pyridine rings is 1. The molecule has 3 nitrogen and oxygen atoms in total. The molecule has 3 heteroatoms. The summed E-state index contributed by atoms with van der Waals surface area (Å²) in [5, 5.41) is 9.19. The predicted molar refractivity (Wildman–Crippen MR) is 61.3 cm³/mol. The fraction of sp³-hybridized carbons (Fsp3) is 0.538. The van der Waals surface area contributed by atoms with Crippen LogP contribution in [0.3, 0.4) is 0 Å². The van der Waals surface area contributed by atoms with Crippen molar-refractivity contribution in [2.75, 3.05) is 0 Å². The molecule has 0 bridgehead atoms. The lowest BCUT2D eigenvalue weighted by atomic mass is 10.0. The highest BCUT2D eigenvalue weighted by atomic mass is 16.4.